The number of ether oxygens (including phenoxy) is 2. The number of hydrogen-bond acceptors (Lipinski definition) is 3. The lowest BCUT2D eigenvalue weighted by atomic mass is 10.1. The molecule has 1 atom stereocenters. The van der Waals surface area contributed by atoms with Gasteiger partial charge >= 0.3 is 0 Å². The molecule has 2 rings (SSSR count). The molecule has 1 aliphatic rings. The topological polar surface area (TPSA) is 30.5 Å². The molecular formula is C15H22ClNO2. The minimum atomic E-state index is 0.502. The molecule has 0 amide bonds. The van der Waals surface area contributed by atoms with Gasteiger partial charge in [-0.3, -0.25) is 0 Å². The smallest absolute Gasteiger partial charge is 0.137 e. The van der Waals surface area contributed by atoms with E-state index in [9.17, 15) is 0 Å². The van der Waals surface area contributed by atoms with Crippen LogP contribution in [-0.4, -0.2) is 26.4 Å². The zero-order valence-corrected chi connectivity index (χ0v) is 12.2. The van der Waals surface area contributed by atoms with Gasteiger partial charge in [0.2, 0.25) is 0 Å². The summed E-state index contributed by atoms with van der Waals surface area (Å²) in [7, 11) is 0. The molecule has 1 N–H and O–H groups in total. The van der Waals surface area contributed by atoms with Crippen LogP contribution in [0.4, 0.5) is 0 Å². The summed E-state index contributed by atoms with van der Waals surface area (Å²) >= 11 is 6.24. The van der Waals surface area contributed by atoms with E-state index < -0.39 is 0 Å². The summed E-state index contributed by atoms with van der Waals surface area (Å²) in [5.74, 6) is 1.27. The van der Waals surface area contributed by atoms with Crippen LogP contribution in [0.15, 0.2) is 18.2 Å². The lowest BCUT2D eigenvalue weighted by molar-refractivity contribution is 0.167. The molecule has 1 aromatic carbocycles. The van der Waals surface area contributed by atoms with Crippen molar-refractivity contribution in [2.45, 2.75) is 26.3 Å². The molecule has 1 unspecified atom stereocenters. The Morgan fingerprint density at radius 3 is 3.05 bits per heavy atom. The second-order valence-corrected chi connectivity index (χ2v) is 5.39. The molecule has 0 aliphatic carbocycles. The van der Waals surface area contributed by atoms with Crippen molar-refractivity contribution in [3.63, 3.8) is 0 Å². The van der Waals surface area contributed by atoms with E-state index in [1.165, 1.54) is 5.56 Å². The van der Waals surface area contributed by atoms with Crippen molar-refractivity contribution in [3.8, 4) is 5.75 Å². The molecule has 0 spiro atoms. The Kier molecular flexibility index (Phi) is 5.95. The van der Waals surface area contributed by atoms with Crippen molar-refractivity contribution in [1.82, 2.24) is 5.32 Å². The van der Waals surface area contributed by atoms with E-state index in [4.69, 9.17) is 21.1 Å². The Balaban J connectivity index is 1.83. The highest BCUT2D eigenvalue weighted by molar-refractivity contribution is 6.32. The quantitative estimate of drug-likeness (QED) is 0.779. The normalized spacial score (nSPS) is 18.7. The highest BCUT2D eigenvalue weighted by Crippen LogP contribution is 2.26. The standard InChI is InChI=1S/C15H22ClNO2/c1-2-6-17-9-12-3-4-15(14(16)8-12)19-11-13-5-7-18-10-13/h3-4,8,13,17H,2,5-7,9-11H2,1H3. The summed E-state index contributed by atoms with van der Waals surface area (Å²) in [6, 6.07) is 6.00. The highest BCUT2D eigenvalue weighted by Gasteiger charge is 2.16. The molecule has 0 bridgehead atoms. The Hall–Kier alpha value is -0.770. The Morgan fingerprint density at radius 1 is 1.47 bits per heavy atom. The van der Waals surface area contributed by atoms with Crippen LogP contribution in [0.25, 0.3) is 0 Å². The Labute approximate surface area is 120 Å². The fourth-order valence-corrected chi connectivity index (χ4v) is 2.36. The maximum Gasteiger partial charge on any atom is 0.137 e. The van der Waals surface area contributed by atoms with Crippen LogP contribution in [0.1, 0.15) is 25.3 Å². The molecule has 1 heterocycles. The van der Waals surface area contributed by atoms with E-state index in [2.05, 4.69) is 18.3 Å². The monoisotopic (exact) mass is 283 g/mol. The molecule has 0 saturated carbocycles. The first-order chi connectivity index (χ1) is 9.29. The highest BCUT2D eigenvalue weighted by atomic mass is 35.5. The minimum Gasteiger partial charge on any atom is -0.492 e. The number of rotatable bonds is 7. The van der Waals surface area contributed by atoms with E-state index in [-0.39, 0.29) is 0 Å². The molecule has 0 radical (unpaired) electrons. The largest absolute Gasteiger partial charge is 0.492 e. The average Bonchev–Trinajstić information content (AvgIpc) is 2.91. The van der Waals surface area contributed by atoms with Gasteiger partial charge < -0.3 is 14.8 Å². The molecule has 1 saturated heterocycles. The first-order valence-corrected chi connectivity index (χ1v) is 7.37. The van der Waals surface area contributed by atoms with E-state index in [0.717, 1.165) is 44.9 Å². The molecular weight excluding hydrogens is 262 g/mol. The third kappa shape index (κ3) is 4.68. The first kappa shape index (κ1) is 14.6. The summed E-state index contributed by atoms with van der Waals surface area (Å²) in [6.45, 7) is 6.37. The second-order valence-electron chi connectivity index (χ2n) is 4.98. The van der Waals surface area contributed by atoms with Crippen LogP contribution in [-0.2, 0) is 11.3 Å². The van der Waals surface area contributed by atoms with Gasteiger partial charge in [-0.05, 0) is 37.1 Å². The van der Waals surface area contributed by atoms with E-state index in [0.29, 0.717) is 17.5 Å². The maximum atomic E-state index is 6.24. The van der Waals surface area contributed by atoms with Crippen molar-refractivity contribution < 1.29 is 9.47 Å². The van der Waals surface area contributed by atoms with Gasteiger partial charge in [-0.2, -0.15) is 0 Å². The minimum absolute atomic E-state index is 0.502. The van der Waals surface area contributed by atoms with E-state index >= 15 is 0 Å². The van der Waals surface area contributed by atoms with Crippen molar-refractivity contribution >= 4 is 11.6 Å². The first-order valence-electron chi connectivity index (χ1n) is 6.99. The van der Waals surface area contributed by atoms with Crippen LogP contribution in [0.5, 0.6) is 5.75 Å². The summed E-state index contributed by atoms with van der Waals surface area (Å²) in [4.78, 5) is 0. The number of benzene rings is 1. The Bertz CT molecular complexity index is 392. The molecule has 106 valence electrons. The summed E-state index contributed by atoms with van der Waals surface area (Å²) in [6.07, 6.45) is 2.22. The lowest BCUT2D eigenvalue weighted by Gasteiger charge is -2.12. The van der Waals surface area contributed by atoms with Crippen LogP contribution >= 0.6 is 11.6 Å². The molecule has 1 fully saturated rings. The molecule has 19 heavy (non-hydrogen) atoms. The predicted octanol–water partition coefficient (Wildman–Crippen LogP) is 3.25. The third-order valence-corrected chi connectivity index (χ3v) is 3.55. The van der Waals surface area contributed by atoms with Gasteiger partial charge in [0.05, 0.1) is 18.2 Å². The van der Waals surface area contributed by atoms with E-state index in [1.807, 2.05) is 12.1 Å². The summed E-state index contributed by atoms with van der Waals surface area (Å²) in [5.41, 5.74) is 1.19. The summed E-state index contributed by atoms with van der Waals surface area (Å²) < 4.78 is 11.1. The number of halogens is 1. The van der Waals surface area contributed by atoms with Crippen molar-refractivity contribution in [1.29, 1.82) is 0 Å². The van der Waals surface area contributed by atoms with Gasteiger partial charge in [0, 0.05) is 19.1 Å². The lowest BCUT2D eigenvalue weighted by Crippen LogP contribution is -2.14. The predicted molar refractivity (Wildman–Crippen MR) is 77.9 cm³/mol. The third-order valence-electron chi connectivity index (χ3n) is 3.25. The van der Waals surface area contributed by atoms with Crippen molar-refractivity contribution in [3.05, 3.63) is 28.8 Å². The molecule has 3 nitrogen and oxygen atoms in total. The van der Waals surface area contributed by atoms with Gasteiger partial charge in [-0.15, -0.1) is 0 Å². The number of hydrogen-bond donors (Lipinski definition) is 1. The SMILES string of the molecule is CCCNCc1ccc(OCC2CCOC2)c(Cl)c1. The maximum absolute atomic E-state index is 6.24. The Morgan fingerprint density at radius 2 is 2.37 bits per heavy atom. The van der Waals surface area contributed by atoms with Crippen LogP contribution in [0, 0.1) is 5.92 Å². The zero-order valence-electron chi connectivity index (χ0n) is 11.5. The fraction of sp³-hybridized carbons (Fsp3) is 0.600. The number of nitrogens with one attached hydrogen (secondary N) is 1. The summed E-state index contributed by atoms with van der Waals surface area (Å²) in [5, 5.41) is 4.05. The van der Waals surface area contributed by atoms with Crippen molar-refractivity contribution in [2.24, 2.45) is 5.92 Å². The van der Waals surface area contributed by atoms with Crippen LogP contribution < -0.4 is 10.1 Å². The molecule has 4 heteroatoms. The average molecular weight is 284 g/mol. The van der Waals surface area contributed by atoms with Gasteiger partial charge in [0.1, 0.15) is 5.75 Å². The second kappa shape index (κ2) is 7.73. The fourth-order valence-electron chi connectivity index (χ4n) is 2.10. The van der Waals surface area contributed by atoms with Crippen LogP contribution in [0.2, 0.25) is 5.02 Å². The molecule has 1 aromatic rings. The van der Waals surface area contributed by atoms with Crippen LogP contribution in [0.3, 0.4) is 0 Å². The van der Waals surface area contributed by atoms with Gasteiger partial charge in [-0.25, -0.2) is 0 Å². The van der Waals surface area contributed by atoms with Gasteiger partial charge in [-0.1, -0.05) is 24.6 Å². The zero-order chi connectivity index (χ0) is 13.5. The molecule has 0 aromatic heterocycles. The van der Waals surface area contributed by atoms with Gasteiger partial charge in [0.15, 0.2) is 0 Å². The molecule has 1 aliphatic heterocycles. The van der Waals surface area contributed by atoms with E-state index in [1.54, 1.807) is 0 Å². The van der Waals surface area contributed by atoms with Crippen molar-refractivity contribution in [2.75, 3.05) is 26.4 Å². The van der Waals surface area contributed by atoms with Gasteiger partial charge in [0.25, 0.3) is 0 Å².